The zero-order valence-electron chi connectivity index (χ0n) is 14.2. The van der Waals surface area contributed by atoms with Crippen LogP contribution in [0.1, 0.15) is 24.1 Å². The maximum atomic E-state index is 12.3. The van der Waals surface area contributed by atoms with Gasteiger partial charge in [0.2, 0.25) is 10.0 Å². The smallest absolute Gasteiger partial charge is 0.234 e. The molecule has 134 valence electrons. The monoisotopic (exact) mass is 381 g/mol. The molecule has 2 rings (SSSR count). The van der Waals surface area contributed by atoms with Crippen molar-refractivity contribution in [2.45, 2.75) is 13.0 Å². The average molecular weight is 382 g/mol. The highest BCUT2D eigenvalue weighted by molar-refractivity contribution is 7.92. The third-order valence-corrected chi connectivity index (χ3v) is 4.98. The van der Waals surface area contributed by atoms with Gasteiger partial charge in [0, 0.05) is 22.0 Å². The van der Waals surface area contributed by atoms with Gasteiger partial charge in [0.05, 0.1) is 14.2 Å². The van der Waals surface area contributed by atoms with Crippen LogP contribution < -0.4 is 14.2 Å². The molecular weight excluding hydrogens is 362 g/mol. The van der Waals surface area contributed by atoms with E-state index in [1.165, 1.54) is 13.2 Å². The van der Waals surface area contributed by atoms with E-state index in [1.54, 1.807) is 56.5 Å². The fraction of sp³-hybridized carbons (Fsp3) is 0.222. The molecule has 0 fully saturated rings. The molecule has 0 aromatic heterocycles. The molecule has 0 aliphatic rings. The minimum absolute atomic E-state index is 0.495. The van der Waals surface area contributed by atoms with Crippen molar-refractivity contribution in [1.82, 2.24) is 4.72 Å². The Kier molecular flexibility index (Phi) is 6.47. The van der Waals surface area contributed by atoms with Crippen LogP contribution in [-0.2, 0) is 10.0 Å². The van der Waals surface area contributed by atoms with E-state index in [2.05, 4.69) is 4.72 Å². The van der Waals surface area contributed by atoms with Gasteiger partial charge in [-0.3, -0.25) is 0 Å². The van der Waals surface area contributed by atoms with Crippen molar-refractivity contribution in [2.24, 2.45) is 0 Å². The van der Waals surface area contributed by atoms with Crippen LogP contribution in [0.3, 0.4) is 0 Å². The molecule has 0 unspecified atom stereocenters. The van der Waals surface area contributed by atoms with Crippen molar-refractivity contribution in [3.63, 3.8) is 0 Å². The standard InChI is InChI=1S/C18H20ClNO4S/c1-13(17-12-16(23-2)8-9-18(17)24-3)20-25(21,22)11-10-14-4-6-15(19)7-5-14/h4-13,20H,1-3H3/b11-10+/t13-/m0/s1. The Hall–Kier alpha value is -2.02. The summed E-state index contributed by atoms with van der Waals surface area (Å²) in [6.45, 7) is 1.74. The second kappa shape index (κ2) is 8.38. The number of methoxy groups -OCH3 is 2. The summed E-state index contributed by atoms with van der Waals surface area (Å²) < 4.78 is 37.7. The molecule has 0 heterocycles. The van der Waals surface area contributed by atoms with E-state index >= 15 is 0 Å². The molecule has 0 amide bonds. The summed E-state index contributed by atoms with van der Waals surface area (Å²) >= 11 is 5.81. The van der Waals surface area contributed by atoms with Gasteiger partial charge in [-0.2, -0.15) is 0 Å². The zero-order chi connectivity index (χ0) is 18.4. The van der Waals surface area contributed by atoms with Crippen molar-refractivity contribution in [1.29, 1.82) is 0 Å². The molecular formula is C18H20ClNO4S. The van der Waals surface area contributed by atoms with E-state index in [1.807, 2.05) is 0 Å². The lowest BCUT2D eigenvalue weighted by molar-refractivity contribution is 0.395. The molecule has 1 atom stereocenters. The van der Waals surface area contributed by atoms with E-state index in [0.29, 0.717) is 22.1 Å². The first-order chi connectivity index (χ1) is 11.8. The van der Waals surface area contributed by atoms with Crippen LogP contribution in [-0.4, -0.2) is 22.6 Å². The summed E-state index contributed by atoms with van der Waals surface area (Å²) in [6, 6.07) is 11.6. The number of benzene rings is 2. The molecule has 0 bridgehead atoms. The van der Waals surface area contributed by atoms with Gasteiger partial charge in [0.15, 0.2) is 0 Å². The van der Waals surface area contributed by atoms with Crippen LogP contribution in [0.4, 0.5) is 0 Å². The van der Waals surface area contributed by atoms with Crippen LogP contribution in [0.25, 0.3) is 6.08 Å². The largest absolute Gasteiger partial charge is 0.497 e. The molecule has 5 nitrogen and oxygen atoms in total. The van der Waals surface area contributed by atoms with Crippen LogP contribution in [0.2, 0.25) is 5.02 Å². The molecule has 7 heteroatoms. The highest BCUT2D eigenvalue weighted by Gasteiger charge is 2.17. The van der Waals surface area contributed by atoms with Gasteiger partial charge >= 0.3 is 0 Å². The average Bonchev–Trinajstić information content (AvgIpc) is 2.60. The second-order valence-electron chi connectivity index (χ2n) is 5.35. The second-order valence-corrected chi connectivity index (χ2v) is 7.38. The predicted octanol–water partition coefficient (Wildman–Crippen LogP) is 4.01. The molecule has 1 N–H and O–H groups in total. The summed E-state index contributed by atoms with van der Waals surface area (Å²) in [5.74, 6) is 1.20. The van der Waals surface area contributed by atoms with E-state index in [9.17, 15) is 8.42 Å². The van der Waals surface area contributed by atoms with Gasteiger partial charge in [-0.15, -0.1) is 0 Å². The topological polar surface area (TPSA) is 64.6 Å². The van der Waals surface area contributed by atoms with Gasteiger partial charge in [-0.05, 0) is 48.9 Å². The Morgan fingerprint density at radius 3 is 2.36 bits per heavy atom. The van der Waals surface area contributed by atoms with Crippen LogP contribution in [0.5, 0.6) is 11.5 Å². The van der Waals surface area contributed by atoms with Crippen molar-refractivity contribution >= 4 is 27.7 Å². The molecule has 0 saturated carbocycles. The van der Waals surface area contributed by atoms with E-state index in [-0.39, 0.29) is 0 Å². The van der Waals surface area contributed by atoms with Crippen molar-refractivity contribution < 1.29 is 17.9 Å². The molecule has 0 saturated heterocycles. The van der Waals surface area contributed by atoms with Gasteiger partial charge in [0.1, 0.15) is 11.5 Å². The first-order valence-corrected chi connectivity index (χ1v) is 9.45. The van der Waals surface area contributed by atoms with Gasteiger partial charge in [-0.1, -0.05) is 23.7 Å². The fourth-order valence-electron chi connectivity index (χ4n) is 2.27. The first-order valence-electron chi connectivity index (χ1n) is 7.52. The number of sulfonamides is 1. The lowest BCUT2D eigenvalue weighted by Gasteiger charge is -2.17. The summed E-state index contributed by atoms with van der Waals surface area (Å²) in [4.78, 5) is 0. The normalized spacial score (nSPS) is 13.0. The summed E-state index contributed by atoms with van der Waals surface area (Å²) in [5, 5.41) is 1.72. The minimum atomic E-state index is -3.64. The number of hydrogen-bond acceptors (Lipinski definition) is 4. The molecule has 0 spiro atoms. The fourth-order valence-corrected chi connectivity index (χ4v) is 3.43. The van der Waals surface area contributed by atoms with Crippen molar-refractivity contribution in [2.75, 3.05) is 14.2 Å². The first kappa shape index (κ1) is 19.3. The predicted molar refractivity (Wildman–Crippen MR) is 101 cm³/mol. The summed E-state index contributed by atoms with van der Waals surface area (Å²) in [7, 11) is -0.556. The van der Waals surface area contributed by atoms with E-state index < -0.39 is 16.1 Å². The third-order valence-electron chi connectivity index (χ3n) is 3.55. The molecule has 0 aliphatic heterocycles. The van der Waals surface area contributed by atoms with Crippen LogP contribution in [0.15, 0.2) is 47.9 Å². The van der Waals surface area contributed by atoms with Gasteiger partial charge < -0.3 is 9.47 Å². The van der Waals surface area contributed by atoms with Crippen molar-refractivity contribution in [3.05, 3.63) is 64.0 Å². The Morgan fingerprint density at radius 2 is 1.76 bits per heavy atom. The lowest BCUT2D eigenvalue weighted by Crippen LogP contribution is -2.25. The number of halogens is 1. The van der Waals surface area contributed by atoms with Crippen LogP contribution >= 0.6 is 11.6 Å². The highest BCUT2D eigenvalue weighted by Crippen LogP contribution is 2.29. The zero-order valence-corrected chi connectivity index (χ0v) is 15.8. The Morgan fingerprint density at radius 1 is 1.08 bits per heavy atom. The van der Waals surface area contributed by atoms with Crippen molar-refractivity contribution in [3.8, 4) is 11.5 Å². The summed E-state index contributed by atoms with van der Waals surface area (Å²) in [5.41, 5.74) is 1.42. The van der Waals surface area contributed by atoms with E-state index in [0.717, 1.165) is 11.0 Å². The Balaban J connectivity index is 2.18. The molecule has 0 aliphatic carbocycles. The molecule has 25 heavy (non-hydrogen) atoms. The van der Waals surface area contributed by atoms with Gasteiger partial charge in [0.25, 0.3) is 0 Å². The van der Waals surface area contributed by atoms with Gasteiger partial charge in [-0.25, -0.2) is 13.1 Å². The Bertz CT molecular complexity index is 848. The Labute approximate surface area is 153 Å². The SMILES string of the molecule is COc1ccc(OC)c([C@H](C)NS(=O)(=O)/C=C/c2ccc(Cl)cc2)c1. The van der Waals surface area contributed by atoms with E-state index in [4.69, 9.17) is 21.1 Å². The maximum absolute atomic E-state index is 12.3. The minimum Gasteiger partial charge on any atom is -0.497 e. The van der Waals surface area contributed by atoms with Crippen LogP contribution in [0, 0.1) is 0 Å². The number of ether oxygens (including phenoxy) is 2. The highest BCUT2D eigenvalue weighted by atomic mass is 35.5. The molecule has 2 aromatic rings. The number of hydrogen-bond donors (Lipinski definition) is 1. The maximum Gasteiger partial charge on any atom is 0.234 e. The number of nitrogens with one attached hydrogen (secondary N) is 1. The lowest BCUT2D eigenvalue weighted by atomic mass is 10.1. The summed E-state index contributed by atoms with van der Waals surface area (Å²) in [6.07, 6.45) is 1.51. The molecule has 0 radical (unpaired) electrons. The number of rotatable bonds is 7. The third kappa shape index (κ3) is 5.49. The molecule has 2 aromatic carbocycles. The quantitative estimate of drug-likeness (QED) is 0.787.